The van der Waals surface area contributed by atoms with Crippen molar-refractivity contribution in [3.8, 4) is 5.75 Å². The predicted octanol–water partition coefficient (Wildman–Crippen LogP) is 5.82. The van der Waals surface area contributed by atoms with Gasteiger partial charge in [0.25, 0.3) is 5.91 Å². The molecule has 4 aliphatic rings. The molecule has 3 saturated carbocycles. The van der Waals surface area contributed by atoms with Gasteiger partial charge in [-0.1, -0.05) is 11.6 Å². The van der Waals surface area contributed by atoms with E-state index in [-0.39, 0.29) is 53.5 Å². The molecule has 3 aliphatic carbocycles. The van der Waals surface area contributed by atoms with Crippen molar-refractivity contribution in [2.24, 2.45) is 23.7 Å². The lowest BCUT2D eigenvalue weighted by atomic mass is 9.83. The first-order chi connectivity index (χ1) is 23.1. The fourth-order valence-electron chi connectivity index (χ4n) is 7.75. The number of rotatable bonds is 7. The lowest BCUT2D eigenvalue weighted by Crippen LogP contribution is -2.48. The molecule has 0 aromatic heterocycles. The van der Waals surface area contributed by atoms with Crippen molar-refractivity contribution < 1.29 is 55.0 Å². The molecule has 2 unspecified atom stereocenters. The van der Waals surface area contributed by atoms with Crippen LogP contribution in [0.5, 0.6) is 5.75 Å². The topological polar surface area (TPSA) is 108 Å². The maximum absolute atomic E-state index is 13.9. The Balaban J connectivity index is 1.24. The molecule has 15 heteroatoms. The van der Waals surface area contributed by atoms with Crippen LogP contribution in [0.1, 0.15) is 59.5 Å². The van der Waals surface area contributed by atoms with Crippen LogP contribution in [0.15, 0.2) is 48.0 Å². The maximum atomic E-state index is 13.9. The number of hydrogen-bond acceptors (Lipinski definition) is 5. The smallest absolute Gasteiger partial charge is 0.419 e. The molecule has 1 aliphatic heterocycles. The number of hydrogen-bond donors (Lipinski definition) is 3. The van der Waals surface area contributed by atoms with Crippen molar-refractivity contribution in [2.75, 3.05) is 25.5 Å². The Hall–Kier alpha value is -4.14. The minimum Gasteiger partial charge on any atom is -0.496 e. The molecule has 49 heavy (non-hydrogen) atoms. The van der Waals surface area contributed by atoms with Gasteiger partial charge in [-0.2, -0.15) is 26.3 Å². The Bertz CT molecular complexity index is 1670. The number of allylic oxidation sites excluding steroid dienone is 1. The van der Waals surface area contributed by atoms with Crippen LogP contribution in [0.3, 0.4) is 0 Å². The van der Waals surface area contributed by atoms with Gasteiger partial charge >= 0.3 is 12.4 Å². The van der Waals surface area contributed by atoms with Crippen LogP contribution in [-0.4, -0.2) is 66.2 Å². The van der Waals surface area contributed by atoms with Crippen LogP contribution in [0.4, 0.5) is 36.4 Å². The Labute approximate surface area is 276 Å². The molecule has 4 fully saturated rings. The van der Waals surface area contributed by atoms with E-state index < -0.39 is 71.1 Å². The summed E-state index contributed by atoms with van der Waals surface area (Å²) >= 11 is 0. The molecule has 6 rings (SSSR count). The number of halogens is 7. The van der Waals surface area contributed by atoms with E-state index >= 15 is 0 Å². The zero-order chi connectivity index (χ0) is 35.4. The number of nitrogens with one attached hydrogen (secondary N) is 2. The number of aliphatic hydroxyl groups is 1. The van der Waals surface area contributed by atoms with Crippen molar-refractivity contribution in [1.82, 2.24) is 10.2 Å². The maximum Gasteiger partial charge on any atom is 0.419 e. The summed E-state index contributed by atoms with van der Waals surface area (Å²) in [5.74, 6) is -6.72. The number of carbonyl (C=O) groups excluding carboxylic acids is 3. The molecule has 6 atom stereocenters. The van der Waals surface area contributed by atoms with Gasteiger partial charge in [0, 0.05) is 42.7 Å². The number of likely N-dealkylation sites (tertiary alicyclic amines) is 1. The third-order valence-electron chi connectivity index (χ3n) is 10.1. The number of nitrogens with zero attached hydrogens (tertiary/aromatic N) is 1. The van der Waals surface area contributed by atoms with Crippen molar-refractivity contribution >= 4 is 23.4 Å². The lowest BCUT2D eigenvalue weighted by Gasteiger charge is -2.30. The van der Waals surface area contributed by atoms with Gasteiger partial charge in [0.05, 0.1) is 30.3 Å². The average Bonchev–Trinajstić information content (AvgIpc) is 3.69. The highest BCUT2D eigenvalue weighted by Gasteiger charge is 2.56. The molecule has 3 amide bonds. The van der Waals surface area contributed by atoms with E-state index in [2.05, 4.69) is 10.6 Å². The number of alkyl halides is 6. The molecule has 1 saturated heterocycles. The normalized spacial score (nSPS) is 27.7. The summed E-state index contributed by atoms with van der Waals surface area (Å²) in [6.07, 6.45) is -8.15. The molecule has 1 heterocycles. The quantitative estimate of drug-likeness (QED) is 0.250. The molecule has 2 aromatic rings. The third-order valence-corrected chi connectivity index (χ3v) is 10.1. The van der Waals surface area contributed by atoms with E-state index in [0.29, 0.717) is 50.0 Å². The zero-order valence-electron chi connectivity index (χ0n) is 26.2. The molecule has 2 bridgehead atoms. The van der Waals surface area contributed by atoms with Gasteiger partial charge in [0.1, 0.15) is 11.6 Å². The van der Waals surface area contributed by atoms with Gasteiger partial charge in [-0.3, -0.25) is 14.4 Å². The van der Waals surface area contributed by atoms with E-state index in [1.165, 1.54) is 7.11 Å². The number of carbonyl (C=O) groups is 3. The molecular weight excluding hydrogens is 663 g/mol. The summed E-state index contributed by atoms with van der Waals surface area (Å²) < 4.78 is 100.0. The molecule has 8 nitrogen and oxygen atoms in total. The lowest BCUT2D eigenvalue weighted by molar-refractivity contribution is -0.140. The Morgan fingerprint density at radius 2 is 1.63 bits per heavy atom. The third kappa shape index (κ3) is 7.12. The number of amides is 3. The summed E-state index contributed by atoms with van der Waals surface area (Å²) in [6, 6.07) is 5.52. The fourth-order valence-corrected chi connectivity index (χ4v) is 7.75. The number of aliphatic hydroxyl groups excluding tert-OH is 1. The minimum atomic E-state index is -5.06. The van der Waals surface area contributed by atoms with Crippen molar-refractivity contribution in [3.63, 3.8) is 0 Å². The number of anilines is 1. The Kier molecular flexibility index (Phi) is 9.18. The molecule has 264 valence electrons. The molecule has 2 aromatic carbocycles. The van der Waals surface area contributed by atoms with Crippen molar-refractivity contribution in [2.45, 2.75) is 62.5 Å². The van der Waals surface area contributed by atoms with Gasteiger partial charge in [-0.15, -0.1) is 0 Å². The van der Waals surface area contributed by atoms with Crippen LogP contribution < -0.4 is 15.4 Å². The van der Waals surface area contributed by atoms with E-state index in [4.69, 9.17) is 4.74 Å². The van der Waals surface area contributed by atoms with Gasteiger partial charge in [0.15, 0.2) is 0 Å². The van der Waals surface area contributed by atoms with Crippen LogP contribution in [-0.2, 0) is 15.8 Å². The van der Waals surface area contributed by atoms with Gasteiger partial charge in [0.2, 0.25) is 11.8 Å². The van der Waals surface area contributed by atoms with E-state index in [9.17, 15) is 50.2 Å². The second-order valence-electron chi connectivity index (χ2n) is 13.1. The molecule has 0 radical (unpaired) electrons. The minimum absolute atomic E-state index is 0.0378. The Morgan fingerprint density at radius 1 is 0.939 bits per heavy atom. The monoisotopic (exact) mass is 697 g/mol. The molecule has 0 spiro atoms. The fraction of sp³-hybridized carbons (Fsp3) is 0.500. The van der Waals surface area contributed by atoms with E-state index in [1.54, 1.807) is 23.1 Å². The number of methoxy groups -OCH3 is 1. The predicted molar refractivity (Wildman–Crippen MR) is 161 cm³/mol. The van der Waals surface area contributed by atoms with Crippen molar-refractivity contribution in [1.29, 1.82) is 0 Å². The standard InChI is InChI=1S/C34H34F7N3O5/c1-49-27-7-2-16(21-14-22(21)32(48)44-10-8-18(45)9-11-44)12-23(27)30(46)43-29-20-5-4-19(24(20)15-33(36,37)38)28(29)31(47)42-17-3-6-26(35)25(13-17)34(39,40)41/h2-3,6-7,12-13,15,18-22,28-29,45H,4-5,8-11,14H2,1H3,(H,42,47)(H,43,46)/b24-15-/t19-,20+,21?,22?,28-,29+/m0/s1. The summed E-state index contributed by atoms with van der Waals surface area (Å²) in [5.41, 5.74) is -1.40. The van der Waals surface area contributed by atoms with Crippen molar-refractivity contribution in [3.05, 3.63) is 70.6 Å². The molecular formula is C34H34F7N3O5. The van der Waals surface area contributed by atoms with Crippen LogP contribution in [0, 0.1) is 29.5 Å². The SMILES string of the molecule is COc1ccc(C2CC2C(=O)N2CCC(O)CC2)cc1C(=O)N[C@H]1[C@@H](C(=O)Nc2ccc(F)c(C(F)(F)F)c2)[C@H]2CC[C@@H]1/C2=C\C(F)(F)F. The first-order valence-electron chi connectivity index (χ1n) is 16.0. The summed E-state index contributed by atoms with van der Waals surface area (Å²) in [7, 11) is 1.33. The summed E-state index contributed by atoms with van der Waals surface area (Å²) in [4.78, 5) is 42.2. The summed E-state index contributed by atoms with van der Waals surface area (Å²) in [6.45, 7) is 0.903. The van der Waals surface area contributed by atoms with E-state index in [0.717, 1.165) is 6.07 Å². The highest BCUT2D eigenvalue weighted by molar-refractivity contribution is 5.99. The number of piperidine rings is 1. The van der Waals surface area contributed by atoms with Crippen LogP contribution in [0.25, 0.3) is 0 Å². The number of fused-ring (bicyclic) bond motifs is 2. The summed E-state index contributed by atoms with van der Waals surface area (Å²) in [5, 5.41) is 14.8. The van der Waals surface area contributed by atoms with Gasteiger partial charge < -0.3 is 25.4 Å². The van der Waals surface area contributed by atoms with Crippen LogP contribution in [0.2, 0.25) is 0 Å². The van der Waals surface area contributed by atoms with E-state index in [1.807, 2.05) is 0 Å². The number of benzene rings is 2. The van der Waals surface area contributed by atoms with Gasteiger partial charge in [-0.25, -0.2) is 4.39 Å². The largest absolute Gasteiger partial charge is 0.496 e. The second-order valence-corrected chi connectivity index (χ2v) is 13.1. The zero-order valence-corrected chi connectivity index (χ0v) is 26.2. The first kappa shape index (κ1) is 34.7. The first-order valence-corrected chi connectivity index (χ1v) is 16.0. The van der Waals surface area contributed by atoms with Gasteiger partial charge in [-0.05, 0) is 79.8 Å². The highest BCUT2D eigenvalue weighted by atomic mass is 19.4. The number of ether oxygens (including phenoxy) is 1. The average molecular weight is 698 g/mol. The Morgan fingerprint density at radius 3 is 2.29 bits per heavy atom. The highest BCUT2D eigenvalue weighted by Crippen LogP contribution is 2.54. The second kappa shape index (κ2) is 13.0. The molecule has 3 N–H and O–H groups in total. The van der Waals surface area contributed by atoms with Crippen LogP contribution >= 0.6 is 0 Å².